The van der Waals surface area contributed by atoms with Gasteiger partial charge in [-0.3, -0.25) is 14.5 Å². The third-order valence-corrected chi connectivity index (χ3v) is 7.87. The summed E-state index contributed by atoms with van der Waals surface area (Å²) < 4.78 is 15.8. The van der Waals surface area contributed by atoms with Crippen LogP contribution in [0.2, 0.25) is 0 Å². The Hall–Kier alpha value is -4.53. The van der Waals surface area contributed by atoms with E-state index in [1.54, 1.807) is 24.3 Å². The average molecular weight is 564 g/mol. The van der Waals surface area contributed by atoms with Crippen LogP contribution in [0.5, 0.6) is 0 Å². The molecule has 0 saturated carbocycles. The number of halogens is 1. The number of para-hydroxylation sites is 1. The predicted molar refractivity (Wildman–Crippen MR) is 164 cm³/mol. The SMILES string of the molecule is O=C(Nc1ccc(F)cc1)c1cccc(N2C(=O)/C(=C\c3cn(Cc4ccccc4)c4ccccc34)SC2=S)c1. The number of carbonyl (C=O) groups excluding carboxylic acids is 2. The van der Waals surface area contributed by atoms with Crippen molar-refractivity contribution in [1.29, 1.82) is 0 Å². The minimum Gasteiger partial charge on any atom is -0.342 e. The van der Waals surface area contributed by atoms with Crippen molar-refractivity contribution < 1.29 is 14.0 Å². The van der Waals surface area contributed by atoms with Gasteiger partial charge in [0.05, 0.1) is 10.6 Å². The minimum atomic E-state index is -0.386. The molecule has 1 aliphatic rings. The van der Waals surface area contributed by atoms with Crippen LogP contribution < -0.4 is 10.2 Å². The van der Waals surface area contributed by atoms with Crippen molar-refractivity contribution in [3.63, 3.8) is 0 Å². The monoisotopic (exact) mass is 563 g/mol. The van der Waals surface area contributed by atoms with Gasteiger partial charge in [0.15, 0.2) is 4.32 Å². The van der Waals surface area contributed by atoms with Gasteiger partial charge in [-0.15, -0.1) is 0 Å². The molecule has 1 fully saturated rings. The van der Waals surface area contributed by atoms with Crippen LogP contribution in [0.15, 0.2) is 114 Å². The van der Waals surface area contributed by atoms with E-state index in [1.165, 1.54) is 46.5 Å². The Morgan fingerprint density at radius 1 is 0.925 bits per heavy atom. The highest BCUT2D eigenvalue weighted by Gasteiger charge is 2.34. The molecule has 1 saturated heterocycles. The quantitative estimate of drug-likeness (QED) is 0.172. The number of thioether (sulfide) groups is 1. The number of anilines is 2. The maximum Gasteiger partial charge on any atom is 0.270 e. The van der Waals surface area contributed by atoms with Crippen molar-refractivity contribution in [2.24, 2.45) is 0 Å². The molecule has 5 nitrogen and oxygen atoms in total. The fourth-order valence-corrected chi connectivity index (χ4v) is 5.95. The van der Waals surface area contributed by atoms with Crippen molar-refractivity contribution in [2.45, 2.75) is 6.54 Å². The lowest BCUT2D eigenvalue weighted by molar-refractivity contribution is -0.113. The largest absolute Gasteiger partial charge is 0.342 e. The van der Waals surface area contributed by atoms with Crippen molar-refractivity contribution in [1.82, 2.24) is 4.57 Å². The first-order valence-corrected chi connectivity index (χ1v) is 13.8. The topological polar surface area (TPSA) is 54.3 Å². The van der Waals surface area contributed by atoms with E-state index < -0.39 is 0 Å². The lowest BCUT2D eigenvalue weighted by atomic mass is 10.1. The maximum atomic E-state index is 13.6. The van der Waals surface area contributed by atoms with Gasteiger partial charge in [0.1, 0.15) is 5.82 Å². The Labute approximate surface area is 239 Å². The standard InChI is InChI=1S/C32H22FN3O2S2/c33-24-13-15-25(16-14-24)34-30(37)22-9-6-10-26(17-22)36-31(38)29(40-32(36)39)18-23-20-35(19-21-7-2-1-3-8-21)28-12-5-4-11-27(23)28/h1-18,20H,19H2,(H,34,37)/b29-18+. The third kappa shape index (κ3) is 5.19. The molecule has 0 unspecified atom stereocenters. The molecule has 196 valence electrons. The van der Waals surface area contributed by atoms with Crippen molar-refractivity contribution in [3.8, 4) is 0 Å². The second kappa shape index (κ2) is 10.9. The first kappa shape index (κ1) is 25.7. The van der Waals surface area contributed by atoms with Crippen LogP contribution in [-0.4, -0.2) is 20.7 Å². The maximum absolute atomic E-state index is 13.6. The van der Waals surface area contributed by atoms with Crippen LogP contribution in [-0.2, 0) is 11.3 Å². The molecule has 4 aromatic carbocycles. The van der Waals surface area contributed by atoms with Gasteiger partial charge in [-0.05, 0) is 60.2 Å². The molecule has 0 bridgehead atoms. The van der Waals surface area contributed by atoms with E-state index in [-0.39, 0.29) is 17.6 Å². The van der Waals surface area contributed by atoms with Gasteiger partial charge in [0, 0.05) is 40.5 Å². The summed E-state index contributed by atoms with van der Waals surface area (Å²) in [5.74, 6) is -1.00. The highest BCUT2D eigenvalue weighted by Crippen LogP contribution is 2.37. The molecule has 1 aromatic heterocycles. The van der Waals surface area contributed by atoms with Gasteiger partial charge >= 0.3 is 0 Å². The molecule has 1 N–H and O–H groups in total. The normalized spacial score (nSPS) is 14.3. The molecule has 0 aliphatic carbocycles. The summed E-state index contributed by atoms with van der Waals surface area (Å²) in [6, 6.07) is 30.6. The number of hydrogen-bond acceptors (Lipinski definition) is 4. The number of fused-ring (bicyclic) bond motifs is 1. The Bertz CT molecular complexity index is 1800. The first-order valence-electron chi connectivity index (χ1n) is 12.5. The Kier molecular flexibility index (Phi) is 7.02. The van der Waals surface area contributed by atoms with E-state index >= 15 is 0 Å². The molecule has 6 rings (SSSR count). The molecule has 0 spiro atoms. The molecule has 2 heterocycles. The van der Waals surface area contributed by atoms with Crippen LogP contribution in [0, 0.1) is 5.82 Å². The molecule has 0 atom stereocenters. The fourth-order valence-electron chi connectivity index (χ4n) is 4.66. The number of amides is 2. The molecular formula is C32H22FN3O2S2. The number of nitrogens with one attached hydrogen (secondary N) is 1. The summed E-state index contributed by atoms with van der Waals surface area (Å²) in [6.45, 7) is 0.711. The van der Waals surface area contributed by atoms with Crippen LogP contribution >= 0.6 is 24.0 Å². The van der Waals surface area contributed by atoms with Crippen LogP contribution in [0.1, 0.15) is 21.5 Å². The fraction of sp³-hybridized carbons (Fsp3) is 0.0312. The average Bonchev–Trinajstić information content (AvgIpc) is 3.46. The van der Waals surface area contributed by atoms with Crippen LogP contribution in [0.3, 0.4) is 0 Å². The summed E-state index contributed by atoms with van der Waals surface area (Å²) in [5, 5.41) is 3.79. The number of aromatic nitrogens is 1. The highest BCUT2D eigenvalue weighted by molar-refractivity contribution is 8.27. The zero-order valence-corrected chi connectivity index (χ0v) is 22.7. The Morgan fingerprint density at radius 2 is 1.68 bits per heavy atom. The molecule has 40 heavy (non-hydrogen) atoms. The molecule has 8 heteroatoms. The number of carbonyl (C=O) groups is 2. The lowest BCUT2D eigenvalue weighted by Crippen LogP contribution is -2.27. The second-order valence-corrected chi connectivity index (χ2v) is 10.9. The summed E-state index contributed by atoms with van der Waals surface area (Å²) in [4.78, 5) is 28.4. The number of thiocarbonyl (C=S) groups is 1. The summed E-state index contributed by atoms with van der Waals surface area (Å²) in [5.41, 5.74) is 4.52. The van der Waals surface area contributed by atoms with E-state index in [0.29, 0.717) is 32.7 Å². The summed E-state index contributed by atoms with van der Waals surface area (Å²) >= 11 is 6.83. The van der Waals surface area contributed by atoms with E-state index in [2.05, 4.69) is 34.3 Å². The first-order chi connectivity index (χ1) is 19.5. The van der Waals surface area contributed by atoms with E-state index in [1.807, 2.05) is 42.5 Å². The molecule has 0 radical (unpaired) electrons. The van der Waals surface area contributed by atoms with E-state index in [9.17, 15) is 14.0 Å². The minimum absolute atomic E-state index is 0.244. The number of benzene rings is 4. The van der Waals surface area contributed by atoms with Gasteiger partial charge in [-0.25, -0.2) is 4.39 Å². The zero-order valence-electron chi connectivity index (χ0n) is 21.1. The van der Waals surface area contributed by atoms with Crippen molar-refractivity contribution >= 4 is 68.5 Å². The molecule has 1 aliphatic heterocycles. The summed E-state index contributed by atoms with van der Waals surface area (Å²) in [7, 11) is 0. The number of rotatable bonds is 6. The Balaban J connectivity index is 1.27. The van der Waals surface area contributed by atoms with Crippen LogP contribution in [0.25, 0.3) is 17.0 Å². The van der Waals surface area contributed by atoms with Gasteiger partial charge in [-0.1, -0.05) is 78.6 Å². The van der Waals surface area contributed by atoms with Crippen LogP contribution in [0.4, 0.5) is 15.8 Å². The van der Waals surface area contributed by atoms with Crippen molar-refractivity contribution in [2.75, 3.05) is 10.2 Å². The highest BCUT2D eigenvalue weighted by atomic mass is 32.2. The molecule has 5 aromatic rings. The van der Waals surface area contributed by atoms with Gasteiger partial charge in [-0.2, -0.15) is 0 Å². The van der Waals surface area contributed by atoms with E-state index in [0.717, 1.165) is 16.5 Å². The third-order valence-electron chi connectivity index (χ3n) is 6.56. The molecule has 2 amide bonds. The van der Waals surface area contributed by atoms with Gasteiger partial charge in [0.2, 0.25) is 0 Å². The number of hydrogen-bond donors (Lipinski definition) is 1. The zero-order chi connectivity index (χ0) is 27.6. The summed E-state index contributed by atoms with van der Waals surface area (Å²) in [6.07, 6.45) is 3.94. The second-order valence-electron chi connectivity index (χ2n) is 9.24. The Morgan fingerprint density at radius 3 is 2.48 bits per heavy atom. The molecular weight excluding hydrogens is 542 g/mol. The van der Waals surface area contributed by atoms with Gasteiger partial charge in [0.25, 0.3) is 11.8 Å². The van der Waals surface area contributed by atoms with E-state index in [4.69, 9.17) is 12.2 Å². The van der Waals surface area contributed by atoms with Gasteiger partial charge < -0.3 is 9.88 Å². The van der Waals surface area contributed by atoms with Crippen molar-refractivity contribution in [3.05, 3.63) is 137 Å². The lowest BCUT2D eigenvalue weighted by Gasteiger charge is -2.15. The number of nitrogens with zero attached hydrogens (tertiary/aromatic N) is 2. The predicted octanol–water partition coefficient (Wildman–Crippen LogP) is 7.49. The smallest absolute Gasteiger partial charge is 0.270 e.